The quantitative estimate of drug-likeness (QED) is 0.203. The Morgan fingerprint density at radius 2 is 2.40 bits per heavy atom. The molecule has 0 aliphatic rings. The molecular weight excluding hydrogens is 202 g/mol. The first-order valence-corrected chi connectivity index (χ1v) is 4.47. The van der Waals surface area contributed by atoms with Crippen LogP contribution < -0.4 is 5.73 Å². The van der Waals surface area contributed by atoms with Gasteiger partial charge in [-0.1, -0.05) is 0 Å². The minimum absolute atomic E-state index is 0.392. The van der Waals surface area contributed by atoms with Gasteiger partial charge in [-0.15, -0.1) is 10.7 Å². The van der Waals surface area contributed by atoms with Crippen molar-refractivity contribution in [1.29, 1.82) is 0 Å². The zero-order valence-electron chi connectivity index (χ0n) is 8.54. The minimum Gasteiger partial charge on any atom is -0.480 e. The smallest absolute Gasteiger partial charge is 0.320 e. The van der Waals surface area contributed by atoms with E-state index in [1.165, 1.54) is 7.11 Å². The molecule has 0 radical (unpaired) electrons. The van der Waals surface area contributed by atoms with Gasteiger partial charge in [0.25, 0.3) is 0 Å². The Morgan fingerprint density at radius 1 is 1.73 bits per heavy atom. The standard InChI is InChI=1S/C7H15N5O3/c1-15-12(11-10-9)5-3-2-4-6(8)7(13)14/h6H,2-5,8H2,1H3,(H,13,14). The van der Waals surface area contributed by atoms with Gasteiger partial charge in [0.2, 0.25) is 0 Å². The lowest BCUT2D eigenvalue weighted by Crippen LogP contribution is -2.30. The first-order chi connectivity index (χ1) is 7.11. The second kappa shape index (κ2) is 7.86. The van der Waals surface area contributed by atoms with Crippen LogP contribution in [0.2, 0.25) is 0 Å². The van der Waals surface area contributed by atoms with Crippen LogP contribution in [0.1, 0.15) is 19.3 Å². The summed E-state index contributed by atoms with van der Waals surface area (Å²) in [4.78, 5) is 17.6. The number of carboxylic acids is 1. The van der Waals surface area contributed by atoms with Crippen molar-refractivity contribution in [2.24, 2.45) is 11.0 Å². The summed E-state index contributed by atoms with van der Waals surface area (Å²) in [7, 11) is 1.39. The average Bonchev–Trinajstić information content (AvgIpc) is 2.22. The van der Waals surface area contributed by atoms with Gasteiger partial charge >= 0.3 is 5.97 Å². The molecule has 1 unspecified atom stereocenters. The third kappa shape index (κ3) is 6.55. The van der Waals surface area contributed by atoms with Crippen LogP contribution in [0.4, 0.5) is 0 Å². The number of rotatable bonds is 8. The summed E-state index contributed by atoms with van der Waals surface area (Å²) in [6.45, 7) is 0.410. The number of carboxylic acid groups (broad SMARTS) is 1. The molecule has 0 aromatic rings. The molecule has 0 saturated carbocycles. The molecule has 0 saturated heterocycles. The van der Waals surface area contributed by atoms with E-state index in [0.717, 1.165) is 5.17 Å². The van der Waals surface area contributed by atoms with Crippen molar-refractivity contribution in [3.63, 3.8) is 0 Å². The lowest BCUT2D eigenvalue weighted by molar-refractivity contribution is -0.139. The molecule has 0 spiro atoms. The van der Waals surface area contributed by atoms with Crippen LogP contribution in [0.3, 0.4) is 0 Å². The summed E-state index contributed by atoms with van der Waals surface area (Å²) < 4.78 is 0. The highest BCUT2D eigenvalue weighted by Gasteiger charge is 2.11. The first kappa shape index (κ1) is 13.5. The molecule has 0 aromatic carbocycles. The minimum atomic E-state index is -1.01. The molecular formula is C7H15N5O3. The molecule has 1 atom stereocenters. The van der Waals surface area contributed by atoms with Crippen molar-refractivity contribution in [1.82, 2.24) is 5.17 Å². The van der Waals surface area contributed by atoms with Crippen molar-refractivity contribution in [2.45, 2.75) is 25.3 Å². The van der Waals surface area contributed by atoms with Gasteiger partial charge in [-0.25, -0.2) is 0 Å². The molecule has 0 aromatic heterocycles. The number of hydroxylamine groups is 1. The molecule has 3 N–H and O–H groups in total. The van der Waals surface area contributed by atoms with Gasteiger partial charge in [0.1, 0.15) is 12.6 Å². The van der Waals surface area contributed by atoms with E-state index >= 15 is 0 Å². The summed E-state index contributed by atoms with van der Waals surface area (Å²) in [6.07, 6.45) is 1.67. The fourth-order valence-electron chi connectivity index (χ4n) is 0.952. The van der Waals surface area contributed by atoms with Crippen LogP contribution in [-0.4, -0.2) is 35.9 Å². The molecule has 86 valence electrons. The third-order valence-electron chi connectivity index (χ3n) is 1.78. The van der Waals surface area contributed by atoms with Crippen molar-refractivity contribution in [3.8, 4) is 0 Å². The fourth-order valence-corrected chi connectivity index (χ4v) is 0.952. The summed E-state index contributed by atoms with van der Waals surface area (Å²) in [6, 6.07) is -0.833. The molecule has 0 aliphatic heterocycles. The van der Waals surface area contributed by atoms with Gasteiger partial charge in [0.15, 0.2) is 0 Å². The Morgan fingerprint density at radius 3 is 2.87 bits per heavy atom. The first-order valence-electron chi connectivity index (χ1n) is 4.47. The van der Waals surface area contributed by atoms with Crippen molar-refractivity contribution in [3.05, 3.63) is 10.4 Å². The maximum absolute atomic E-state index is 10.4. The molecule has 0 aliphatic carbocycles. The number of nitrogens with zero attached hydrogens (tertiary/aromatic N) is 4. The van der Waals surface area contributed by atoms with Crippen molar-refractivity contribution < 1.29 is 14.7 Å². The molecule has 0 amide bonds. The van der Waals surface area contributed by atoms with Crippen LogP contribution >= 0.6 is 0 Å². The number of carbonyl (C=O) groups is 1. The largest absolute Gasteiger partial charge is 0.480 e. The Hall–Kier alpha value is -1.50. The Bertz CT molecular complexity index is 241. The van der Waals surface area contributed by atoms with Crippen LogP contribution in [-0.2, 0) is 9.63 Å². The van der Waals surface area contributed by atoms with Gasteiger partial charge < -0.3 is 10.8 Å². The van der Waals surface area contributed by atoms with E-state index in [1.807, 2.05) is 0 Å². The molecule has 0 heterocycles. The summed E-state index contributed by atoms with van der Waals surface area (Å²) in [5, 5.41) is 12.8. The zero-order chi connectivity index (χ0) is 11.7. The lowest BCUT2D eigenvalue weighted by Gasteiger charge is -2.09. The topological polar surface area (TPSA) is 125 Å². The van der Waals surface area contributed by atoms with Crippen LogP contribution in [0.15, 0.2) is 5.22 Å². The molecule has 0 fully saturated rings. The summed E-state index contributed by atoms with van der Waals surface area (Å²) in [5.41, 5.74) is 13.4. The van der Waals surface area contributed by atoms with Crippen molar-refractivity contribution >= 4 is 5.97 Å². The van der Waals surface area contributed by atoms with E-state index in [9.17, 15) is 4.79 Å². The number of azide groups is 1. The van der Waals surface area contributed by atoms with E-state index in [2.05, 4.69) is 10.1 Å². The highest BCUT2D eigenvalue weighted by atomic mass is 16.7. The van der Waals surface area contributed by atoms with E-state index < -0.39 is 12.0 Å². The summed E-state index contributed by atoms with van der Waals surface area (Å²) >= 11 is 0. The molecule has 15 heavy (non-hydrogen) atoms. The fraction of sp³-hybridized carbons (Fsp3) is 0.857. The monoisotopic (exact) mass is 217 g/mol. The molecule has 8 heteroatoms. The number of unbranched alkanes of at least 4 members (excludes halogenated alkanes) is 1. The maximum atomic E-state index is 10.4. The second-order valence-corrected chi connectivity index (χ2v) is 2.88. The predicted molar refractivity (Wildman–Crippen MR) is 52.3 cm³/mol. The molecule has 0 bridgehead atoms. The second-order valence-electron chi connectivity index (χ2n) is 2.88. The Kier molecular flexibility index (Phi) is 7.08. The SMILES string of the molecule is CON(CCCCC(N)C(=O)O)N=[N+]=[N-]. The van der Waals surface area contributed by atoms with Gasteiger partial charge in [-0.2, -0.15) is 9.75 Å². The Labute approximate surface area is 87.2 Å². The highest BCUT2D eigenvalue weighted by Crippen LogP contribution is 2.02. The predicted octanol–water partition coefficient (Wildman–Crippen LogP) is 0.657. The molecule has 0 rings (SSSR count). The van der Waals surface area contributed by atoms with E-state index in [4.69, 9.17) is 21.2 Å². The van der Waals surface area contributed by atoms with Crippen LogP contribution in [0, 0.1) is 0 Å². The average molecular weight is 217 g/mol. The zero-order valence-corrected chi connectivity index (χ0v) is 8.54. The number of hydrogen-bond donors (Lipinski definition) is 2. The van der Waals surface area contributed by atoms with Gasteiger partial charge in [0, 0.05) is 5.22 Å². The molecule has 8 nitrogen and oxygen atoms in total. The van der Waals surface area contributed by atoms with Crippen LogP contribution in [0.25, 0.3) is 10.4 Å². The van der Waals surface area contributed by atoms with Gasteiger partial charge in [0.05, 0.1) is 7.11 Å². The van der Waals surface area contributed by atoms with E-state index in [0.29, 0.717) is 25.8 Å². The van der Waals surface area contributed by atoms with Gasteiger partial charge in [-0.3, -0.25) is 4.79 Å². The number of aliphatic carboxylic acids is 1. The number of nitrogens with two attached hydrogens (primary N) is 1. The van der Waals surface area contributed by atoms with Gasteiger partial charge in [-0.05, 0) is 19.3 Å². The number of hydrogen-bond acceptors (Lipinski definition) is 4. The van der Waals surface area contributed by atoms with E-state index in [-0.39, 0.29) is 0 Å². The highest BCUT2D eigenvalue weighted by molar-refractivity contribution is 5.72. The summed E-state index contributed by atoms with van der Waals surface area (Å²) in [5.74, 6) is -1.01. The third-order valence-corrected chi connectivity index (χ3v) is 1.78. The van der Waals surface area contributed by atoms with Crippen molar-refractivity contribution in [2.75, 3.05) is 13.7 Å². The van der Waals surface area contributed by atoms with Crippen LogP contribution in [0.5, 0.6) is 0 Å². The Balaban J connectivity index is 3.60. The van der Waals surface area contributed by atoms with E-state index in [1.54, 1.807) is 0 Å². The maximum Gasteiger partial charge on any atom is 0.320 e. The normalized spacial score (nSPS) is 11.6. The lowest BCUT2D eigenvalue weighted by atomic mass is 10.1.